The molecule has 0 atom stereocenters. The summed E-state index contributed by atoms with van der Waals surface area (Å²) in [6.07, 6.45) is 1.58. The molecular formula is C27H28ClFN4O4. The van der Waals surface area contributed by atoms with E-state index in [1.807, 2.05) is 0 Å². The first kappa shape index (κ1) is 26.4. The highest BCUT2D eigenvalue weighted by Crippen LogP contribution is 2.35. The highest BCUT2D eigenvalue weighted by molar-refractivity contribution is 6.12. The maximum absolute atomic E-state index is 14.4. The lowest BCUT2D eigenvalue weighted by Crippen LogP contribution is -2.43. The molecule has 194 valence electrons. The van der Waals surface area contributed by atoms with Gasteiger partial charge >= 0.3 is 0 Å². The average molecular weight is 527 g/mol. The standard InChI is InChI=1S/C27H27FN4O4.ClH/c1-31-23-19-14-17(28)8-9-20(19)32(15-21(33)16-6-4-3-5-7-16)27(35)22(23)25(36-2)24(31)26(34)30-18-10-12-29-13-11-18;/h3-9,14,18,29H,10-13,15H2,1-2H3,(H,30,34);1H. The number of ketones is 1. The molecule has 1 aliphatic heterocycles. The number of fused-ring (bicyclic) bond motifs is 3. The first-order chi connectivity index (χ1) is 17.4. The molecule has 8 nitrogen and oxygen atoms in total. The number of nitrogens with zero attached hydrogens (tertiary/aromatic N) is 2. The summed E-state index contributed by atoms with van der Waals surface area (Å²) in [5, 5.41) is 6.85. The van der Waals surface area contributed by atoms with E-state index in [4.69, 9.17) is 4.74 Å². The van der Waals surface area contributed by atoms with Crippen LogP contribution in [0, 0.1) is 5.82 Å². The maximum Gasteiger partial charge on any atom is 0.272 e. The fraction of sp³-hybridized carbons (Fsp3) is 0.296. The van der Waals surface area contributed by atoms with Crippen LogP contribution in [0.3, 0.4) is 0 Å². The predicted molar refractivity (Wildman–Crippen MR) is 143 cm³/mol. The van der Waals surface area contributed by atoms with Crippen molar-refractivity contribution in [1.82, 2.24) is 19.8 Å². The molecule has 1 aliphatic rings. The number of ether oxygens (including phenoxy) is 1. The van der Waals surface area contributed by atoms with Crippen LogP contribution in [0.4, 0.5) is 4.39 Å². The lowest BCUT2D eigenvalue weighted by molar-refractivity contribution is 0.0917. The van der Waals surface area contributed by atoms with Crippen molar-refractivity contribution in [2.75, 3.05) is 20.2 Å². The first-order valence-corrected chi connectivity index (χ1v) is 11.9. The van der Waals surface area contributed by atoms with Gasteiger partial charge < -0.3 is 19.9 Å². The van der Waals surface area contributed by atoms with E-state index in [-0.39, 0.29) is 53.5 Å². The molecule has 0 spiro atoms. The Kier molecular flexibility index (Phi) is 7.65. The summed E-state index contributed by atoms with van der Waals surface area (Å²) >= 11 is 0. The Morgan fingerprint density at radius 2 is 1.84 bits per heavy atom. The molecule has 10 heteroatoms. The Hall–Kier alpha value is -3.69. The number of aromatic nitrogens is 2. The largest absolute Gasteiger partial charge is 0.493 e. The Balaban J connectivity index is 0.00000320. The minimum atomic E-state index is -0.496. The molecule has 2 aromatic carbocycles. The number of amides is 1. The molecule has 0 radical (unpaired) electrons. The summed E-state index contributed by atoms with van der Waals surface area (Å²) in [5.74, 6) is -1.02. The number of aryl methyl sites for hydroxylation is 1. The minimum absolute atomic E-state index is 0. The van der Waals surface area contributed by atoms with Crippen LogP contribution in [0.1, 0.15) is 33.7 Å². The normalized spacial score (nSPS) is 13.9. The number of carbonyl (C=O) groups excluding carboxylic acids is 2. The summed E-state index contributed by atoms with van der Waals surface area (Å²) in [6, 6.07) is 12.7. The van der Waals surface area contributed by atoms with Crippen molar-refractivity contribution in [3.63, 3.8) is 0 Å². The minimum Gasteiger partial charge on any atom is -0.493 e. The molecule has 0 saturated carbocycles. The third-order valence-corrected chi connectivity index (χ3v) is 6.80. The third kappa shape index (κ3) is 4.72. The fourth-order valence-corrected chi connectivity index (χ4v) is 5.04. The van der Waals surface area contributed by atoms with Gasteiger partial charge in [-0.05, 0) is 44.1 Å². The van der Waals surface area contributed by atoms with Gasteiger partial charge in [0.2, 0.25) is 0 Å². The molecular weight excluding hydrogens is 499 g/mol. The van der Waals surface area contributed by atoms with Gasteiger partial charge in [0.15, 0.2) is 17.2 Å². The zero-order chi connectivity index (χ0) is 25.4. The highest BCUT2D eigenvalue weighted by Gasteiger charge is 2.29. The number of piperidine rings is 1. The molecule has 0 unspecified atom stereocenters. The van der Waals surface area contributed by atoms with Crippen molar-refractivity contribution in [3.05, 3.63) is 76.0 Å². The number of hydrogen-bond acceptors (Lipinski definition) is 5. The molecule has 5 rings (SSSR count). The van der Waals surface area contributed by atoms with Gasteiger partial charge in [-0.2, -0.15) is 0 Å². The number of benzene rings is 2. The molecule has 1 amide bonds. The average Bonchev–Trinajstić information content (AvgIpc) is 3.20. The Morgan fingerprint density at radius 1 is 1.14 bits per heavy atom. The van der Waals surface area contributed by atoms with Crippen molar-refractivity contribution >= 4 is 45.9 Å². The van der Waals surface area contributed by atoms with Crippen LogP contribution in [0.15, 0.2) is 53.3 Å². The summed E-state index contributed by atoms with van der Waals surface area (Å²) < 4.78 is 22.9. The van der Waals surface area contributed by atoms with E-state index in [1.165, 1.54) is 29.9 Å². The van der Waals surface area contributed by atoms with Crippen LogP contribution in [0.2, 0.25) is 0 Å². The number of methoxy groups -OCH3 is 1. The van der Waals surface area contributed by atoms with Gasteiger partial charge in [-0.3, -0.25) is 19.0 Å². The van der Waals surface area contributed by atoms with Gasteiger partial charge in [0.1, 0.15) is 11.2 Å². The van der Waals surface area contributed by atoms with Crippen LogP contribution in [0.25, 0.3) is 21.8 Å². The predicted octanol–water partition coefficient (Wildman–Crippen LogP) is 3.43. The van der Waals surface area contributed by atoms with Gasteiger partial charge in [-0.15, -0.1) is 12.4 Å². The maximum atomic E-state index is 14.4. The highest BCUT2D eigenvalue weighted by atomic mass is 35.5. The molecule has 0 aliphatic carbocycles. The van der Waals surface area contributed by atoms with Crippen molar-refractivity contribution in [3.8, 4) is 5.75 Å². The molecule has 2 aromatic heterocycles. The van der Waals surface area contributed by atoms with E-state index in [2.05, 4.69) is 10.6 Å². The summed E-state index contributed by atoms with van der Waals surface area (Å²) in [7, 11) is 3.05. The van der Waals surface area contributed by atoms with E-state index < -0.39 is 11.4 Å². The SMILES string of the molecule is COc1c(C(=O)NC2CCNCC2)n(C)c2c1c(=O)n(CC(=O)c1ccccc1)c1ccc(F)cc21.Cl. The molecule has 4 aromatic rings. The van der Waals surface area contributed by atoms with Crippen LogP contribution < -0.4 is 20.9 Å². The quantitative estimate of drug-likeness (QED) is 0.375. The molecule has 1 saturated heterocycles. The monoisotopic (exact) mass is 526 g/mol. The Labute approximate surface area is 218 Å². The van der Waals surface area contributed by atoms with Crippen LogP contribution >= 0.6 is 12.4 Å². The molecule has 3 heterocycles. The van der Waals surface area contributed by atoms with Gasteiger partial charge in [0.25, 0.3) is 11.5 Å². The second-order valence-electron chi connectivity index (χ2n) is 9.00. The van der Waals surface area contributed by atoms with E-state index in [0.29, 0.717) is 22.0 Å². The van der Waals surface area contributed by atoms with Gasteiger partial charge in [0.05, 0.1) is 24.7 Å². The van der Waals surface area contributed by atoms with E-state index in [1.54, 1.807) is 41.9 Å². The smallest absolute Gasteiger partial charge is 0.272 e. The molecule has 37 heavy (non-hydrogen) atoms. The van der Waals surface area contributed by atoms with Gasteiger partial charge in [-0.1, -0.05) is 30.3 Å². The van der Waals surface area contributed by atoms with Crippen LogP contribution in [0.5, 0.6) is 5.75 Å². The van der Waals surface area contributed by atoms with Crippen LogP contribution in [-0.4, -0.2) is 47.1 Å². The van der Waals surface area contributed by atoms with Crippen molar-refractivity contribution in [2.24, 2.45) is 7.05 Å². The summed E-state index contributed by atoms with van der Waals surface area (Å²) in [4.78, 5) is 40.2. The van der Waals surface area contributed by atoms with E-state index in [0.717, 1.165) is 25.9 Å². The first-order valence-electron chi connectivity index (χ1n) is 11.9. The molecule has 1 fully saturated rings. The topological polar surface area (TPSA) is 94.4 Å². The second-order valence-corrected chi connectivity index (χ2v) is 9.00. The van der Waals surface area contributed by atoms with Crippen LogP contribution in [-0.2, 0) is 13.6 Å². The van der Waals surface area contributed by atoms with Gasteiger partial charge in [0, 0.05) is 24.0 Å². The second kappa shape index (κ2) is 10.7. The summed E-state index contributed by atoms with van der Waals surface area (Å²) in [6.45, 7) is 1.37. The van der Waals surface area contributed by atoms with Crippen molar-refractivity contribution in [1.29, 1.82) is 0 Å². The lowest BCUT2D eigenvalue weighted by Gasteiger charge is -2.23. The number of rotatable bonds is 6. The van der Waals surface area contributed by atoms with E-state index >= 15 is 0 Å². The van der Waals surface area contributed by atoms with Crippen molar-refractivity contribution in [2.45, 2.75) is 25.4 Å². The zero-order valence-electron chi connectivity index (χ0n) is 20.5. The molecule has 2 N–H and O–H groups in total. The third-order valence-electron chi connectivity index (χ3n) is 6.80. The van der Waals surface area contributed by atoms with E-state index in [9.17, 15) is 18.8 Å². The number of hydrogen-bond donors (Lipinski definition) is 2. The fourth-order valence-electron chi connectivity index (χ4n) is 5.04. The molecule has 0 bridgehead atoms. The van der Waals surface area contributed by atoms with Crippen molar-refractivity contribution < 1.29 is 18.7 Å². The lowest BCUT2D eigenvalue weighted by atomic mass is 10.1. The number of halogens is 2. The Bertz CT molecular complexity index is 1540. The number of pyridine rings is 1. The Morgan fingerprint density at radius 3 is 2.51 bits per heavy atom. The number of carbonyl (C=O) groups is 2. The zero-order valence-corrected chi connectivity index (χ0v) is 21.4. The number of nitrogens with one attached hydrogen (secondary N) is 2. The number of Topliss-reactive ketones (excluding diaryl/α,β-unsaturated/α-hetero) is 1. The summed E-state index contributed by atoms with van der Waals surface area (Å²) in [5.41, 5.74) is 0.932. The van der Waals surface area contributed by atoms with Gasteiger partial charge in [-0.25, -0.2) is 4.39 Å².